The molecule has 0 aliphatic rings. The summed E-state index contributed by atoms with van der Waals surface area (Å²) in [6.07, 6.45) is -3.01. The molecule has 0 saturated carbocycles. The fraction of sp³-hybridized carbons (Fsp3) is 0.333. The van der Waals surface area contributed by atoms with Crippen molar-refractivity contribution in [1.82, 2.24) is 4.98 Å². The second-order valence-corrected chi connectivity index (χ2v) is 3.27. The average molecular weight is 268 g/mol. The molecule has 1 heterocycles. The van der Waals surface area contributed by atoms with Gasteiger partial charge in [0.25, 0.3) is 0 Å². The van der Waals surface area contributed by atoms with Crippen molar-refractivity contribution in [3.63, 3.8) is 0 Å². The van der Waals surface area contributed by atoms with E-state index in [0.717, 1.165) is 12.3 Å². The molecule has 0 amide bonds. The van der Waals surface area contributed by atoms with Gasteiger partial charge in [-0.25, -0.2) is 18.6 Å². The van der Waals surface area contributed by atoms with Crippen LogP contribution in [-0.4, -0.2) is 35.0 Å². The molecule has 3 N–H and O–H groups in total. The summed E-state index contributed by atoms with van der Waals surface area (Å²) < 4.78 is 53.0. The number of aromatic nitrogens is 1. The smallest absolute Gasteiger partial charge is 0.340 e. The monoisotopic (exact) mass is 268 g/mol. The number of ether oxygens (including phenoxy) is 1. The molecule has 0 aliphatic carbocycles. The van der Waals surface area contributed by atoms with E-state index < -0.39 is 36.4 Å². The first-order valence-corrected chi connectivity index (χ1v) is 4.51. The van der Waals surface area contributed by atoms with Crippen LogP contribution in [0.4, 0.5) is 23.2 Å². The topological polar surface area (TPSA) is 85.4 Å². The number of nitrogens with zero attached hydrogens (tertiary/aromatic N) is 1. The minimum atomic E-state index is -4.34. The Morgan fingerprint density at radius 3 is 2.67 bits per heavy atom. The largest absolute Gasteiger partial charge is 0.478 e. The highest BCUT2D eigenvalue weighted by molar-refractivity contribution is 5.93. The molecule has 9 heteroatoms. The van der Waals surface area contributed by atoms with Gasteiger partial charge in [0.1, 0.15) is 0 Å². The van der Waals surface area contributed by atoms with Crippen LogP contribution >= 0.6 is 0 Å². The molecular weight excluding hydrogens is 260 g/mol. The molecule has 0 aromatic carbocycles. The van der Waals surface area contributed by atoms with Gasteiger partial charge >= 0.3 is 18.3 Å². The van der Waals surface area contributed by atoms with Crippen LogP contribution < -0.4 is 10.5 Å². The van der Waals surface area contributed by atoms with Gasteiger partial charge in [-0.05, 0) is 0 Å². The quantitative estimate of drug-likeness (QED) is 0.793. The zero-order valence-corrected chi connectivity index (χ0v) is 8.74. The number of pyridine rings is 1. The molecule has 0 spiro atoms. The third-order valence-electron chi connectivity index (χ3n) is 1.87. The molecule has 5 nitrogen and oxygen atoms in total. The highest BCUT2D eigenvalue weighted by atomic mass is 19.3. The number of alkyl halides is 4. The second kappa shape index (κ2) is 5.07. The van der Waals surface area contributed by atoms with Crippen molar-refractivity contribution in [2.45, 2.75) is 12.3 Å². The van der Waals surface area contributed by atoms with Crippen molar-refractivity contribution >= 4 is 11.7 Å². The molecule has 0 bridgehead atoms. The molecule has 100 valence electrons. The fourth-order valence-corrected chi connectivity index (χ4v) is 0.944. The van der Waals surface area contributed by atoms with Crippen LogP contribution in [-0.2, 0) is 0 Å². The van der Waals surface area contributed by atoms with Crippen molar-refractivity contribution in [3.8, 4) is 5.88 Å². The molecule has 1 aromatic heterocycles. The van der Waals surface area contributed by atoms with E-state index in [1.165, 1.54) is 0 Å². The number of halogens is 4. The highest BCUT2D eigenvalue weighted by Gasteiger charge is 2.41. The summed E-state index contributed by atoms with van der Waals surface area (Å²) in [6, 6.07) is 0.777. The van der Waals surface area contributed by atoms with Crippen LogP contribution in [0.3, 0.4) is 0 Å². The molecule has 0 atom stereocenters. The Morgan fingerprint density at radius 2 is 2.17 bits per heavy atom. The number of aromatic carboxylic acids is 1. The van der Waals surface area contributed by atoms with Crippen LogP contribution in [0, 0.1) is 0 Å². The standard InChI is InChI=1S/C9H8F4N2O3/c10-8(11)9(12,13)3-18-6-1-4(7(16)17)5(14)2-15-6/h1-2,8H,3,14H2,(H,16,17). The number of hydrogen-bond donors (Lipinski definition) is 2. The van der Waals surface area contributed by atoms with Crippen LogP contribution in [0.2, 0.25) is 0 Å². The van der Waals surface area contributed by atoms with E-state index >= 15 is 0 Å². The maximum absolute atomic E-state index is 12.5. The summed E-state index contributed by atoms with van der Waals surface area (Å²) in [5, 5.41) is 8.67. The SMILES string of the molecule is Nc1cnc(OCC(F)(F)C(F)F)cc1C(=O)O. The predicted molar refractivity (Wildman–Crippen MR) is 52.1 cm³/mol. The lowest BCUT2D eigenvalue weighted by Gasteiger charge is -2.15. The normalized spacial score (nSPS) is 11.6. The molecular formula is C9H8F4N2O3. The van der Waals surface area contributed by atoms with E-state index in [0.29, 0.717) is 0 Å². The lowest BCUT2D eigenvalue weighted by molar-refractivity contribution is -0.148. The Hall–Kier alpha value is -2.06. The second-order valence-electron chi connectivity index (χ2n) is 3.27. The van der Waals surface area contributed by atoms with E-state index in [-0.39, 0.29) is 5.69 Å². The van der Waals surface area contributed by atoms with Crippen molar-refractivity contribution in [3.05, 3.63) is 17.8 Å². The number of rotatable bonds is 5. The lowest BCUT2D eigenvalue weighted by Crippen LogP contribution is -2.33. The summed E-state index contributed by atoms with van der Waals surface area (Å²) in [5.74, 6) is -6.28. The Kier molecular flexibility index (Phi) is 3.94. The number of hydrogen-bond acceptors (Lipinski definition) is 4. The molecule has 0 aliphatic heterocycles. The van der Waals surface area contributed by atoms with E-state index in [9.17, 15) is 22.4 Å². The first-order valence-electron chi connectivity index (χ1n) is 4.51. The summed E-state index contributed by atoms with van der Waals surface area (Å²) in [7, 11) is 0. The van der Waals surface area contributed by atoms with Crippen molar-refractivity contribution < 1.29 is 32.2 Å². The third kappa shape index (κ3) is 3.22. The summed E-state index contributed by atoms with van der Waals surface area (Å²) in [6.45, 7) is -1.61. The van der Waals surface area contributed by atoms with E-state index in [1.54, 1.807) is 0 Å². The number of carboxylic acids is 1. The molecule has 1 rings (SSSR count). The Labute approximate surface area is 98.2 Å². The minimum absolute atomic E-state index is 0.199. The van der Waals surface area contributed by atoms with Crippen LogP contribution in [0.5, 0.6) is 5.88 Å². The van der Waals surface area contributed by atoms with Gasteiger partial charge in [0.05, 0.1) is 17.4 Å². The Balaban J connectivity index is 2.81. The number of carboxylic acid groups (broad SMARTS) is 1. The van der Waals surface area contributed by atoms with Gasteiger partial charge in [0.2, 0.25) is 5.88 Å². The van der Waals surface area contributed by atoms with Gasteiger partial charge in [0.15, 0.2) is 6.61 Å². The Morgan fingerprint density at radius 1 is 1.56 bits per heavy atom. The van der Waals surface area contributed by atoms with Crippen molar-refractivity contribution in [1.29, 1.82) is 0 Å². The van der Waals surface area contributed by atoms with Crippen LogP contribution in [0.1, 0.15) is 10.4 Å². The molecule has 0 unspecified atom stereocenters. The number of anilines is 1. The van der Waals surface area contributed by atoms with E-state index in [1.807, 2.05) is 0 Å². The van der Waals surface area contributed by atoms with Gasteiger partial charge in [0, 0.05) is 6.07 Å². The summed E-state index contributed by atoms with van der Waals surface area (Å²) in [5.41, 5.74) is 4.64. The molecule has 0 fully saturated rings. The maximum atomic E-state index is 12.5. The Bertz CT molecular complexity index is 453. The third-order valence-corrected chi connectivity index (χ3v) is 1.87. The number of nitrogens with two attached hydrogens (primary N) is 1. The van der Waals surface area contributed by atoms with Gasteiger partial charge in [-0.15, -0.1) is 0 Å². The first kappa shape index (κ1) is 14.0. The summed E-state index contributed by atoms with van der Waals surface area (Å²) in [4.78, 5) is 14.0. The van der Waals surface area contributed by atoms with Gasteiger partial charge < -0.3 is 15.6 Å². The molecule has 0 radical (unpaired) electrons. The minimum Gasteiger partial charge on any atom is -0.478 e. The number of nitrogen functional groups attached to an aromatic ring is 1. The maximum Gasteiger partial charge on any atom is 0.340 e. The van der Waals surface area contributed by atoms with E-state index in [2.05, 4.69) is 9.72 Å². The molecule has 0 saturated heterocycles. The van der Waals surface area contributed by atoms with Crippen LogP contribution in [0.15, 0.2) is 12.3 Å². The summed E-state index contributed by atoms with van der Waals surface area (Å²) >= 11 is 0. The first-order chi connectivity index (χ1) is 8.24. The lowest BCUT2D eigenvalue weighted by atomic mass is 10.2. The highest BCUT2D eigenvalue weighted by Crippen LogP contribution is 2.24. The van der Waals surface area contributed by atoms with Gasteiger partial charge in [-0.1, -0.05) is 0 Å². The van der Waals surface area contributed by atoms with E-state index in [4.69, 9.17) is 10.8 Å². The predicted octanol–water partition coefficient (Wildman–Crippen LogP) is 1.64. The van der Waals surface area contributed by atoms with Crippen molar-refractivity contribution in [2.75, 3.05) is 12.3 Å². The van der Waals surface area contributed by atoms with Gasteiger partial charge in [-0.2, -0.15) is 8.78 Å². The zero-order valence-electron chi connectivity index (χ0n) is 8.74. The average Bonchev–Trinajstić information content (AvgIpc) is 2.27. The van der Waals surface area contributed by atoms with Crippen molar-refractivity contribution in [2.24, 2.45) is 0 Å². The fourth-order valence-electron chi connectivity index (χ4n) is 0.944. The number of carbonyl (C=O) groups is 1. The van der Waals surface area contributed by atoms with Gasteiger partial charge in [-0.3, -0.25) is 0 Å². The molecule has 18 heavy (non-hydrogen) atoms. The molecule has 1 aromatic rings. The zero-order chi connectivity index (χ0) is 13.9. The van der Waals surface area contributed by atoms with Crippen LogP contribution in [0.25, 0.3) is 0 Å².